The van der Waals surface area contributed by atoms with Gasteiger partial charge in [-0.05, 0) is 48.5 Å². The number of rotatable bonds is 4. The first-order valence-corrected chi connectivity index (χ1v) is 9.15. The number of hydrogen-bond donors (Lipinski definition) is 1. The summed E-state index contributed by atoms with van der Waals surface area (Å²) in [6.07, 6.45) is 6.89. The standard InChI is InChI=1S/C23H17N5O/c24-20-14-26-15-21-22(20)23(27-28(21)17-10-12-25-13-11-17)16-6-8-19(9-7-16)29-18-4-2-1-3-5-18/h1-15H,24H2. The number of fused-ring (bicyclic) bond motifs is 1. The van der Waals surface area contributed by atoms with Crippen molar-refractivity contribution in [1.29, 1.82) is 0 Å². The molecule has 0 aliphatic heterocycles. The molecule has 6 heteroatoms. The van der Waals surface area contributed by atoms with Crippen molar-refractivity contribution in [2.75, 3.05) is 5.73 Å². The van der Waals surface area contributed by atoms with Crippen molar-refractivity contribution in [3.8, 4) is 28.4 Å². The van der Waals surface area contributed by atoms with Crippen molar-refractivity contribution in [3.05, 3.63) is 91.5 Å². The molecule has 5 rings (SSSR count). The van der Waals surface area contributed by atoms with Gasteiger partial charge in [0.1, 0.15) is 17.2 Å². The predicted octanol–water partition coefficient (Wildman–Crippen LogP) is 4.86. The SMILES string of the molecule is Nc1cncc2c1c(-c1ccc(Oc3ccccc3)cc1)nn2-c1ccncc1. The van der Waals surface area contributed by atoms with Crippen molar-refractivity contribution < 1.29 is 4.74 Å². The van der Waals surface area contributed by atoms with Crippen LogP contribution in [0, 0.1) is 0 Å². The minimum Gasteiger partial charge on any atom is -0.457 e. The number of hydrogen-bond acceptors (Lipinski definition) is 5. The highest BCUT2D eigenvalue weighted by Gasteiger charge is 2.16. The van der Waals surface area contributed by atoms with Gasteiger partial charge in [-0.3, -0.25) is 9.97 Å². The van der Waals surface area contributed by atoms with E-state index in [-0.39, 0.29) is 0 Å². The van der Waals surface area contributed by atoms with Crippen LogP contribution in [0.3, 0.4) is 0 Å². The molecule has 29 heavy (non-hydrogen) atoms. The van der Waals surface area contributed by atoms with E-state index in [1.54, 1.807) is 24.8 Å². The molecule has 2 N–H and O–H groups in total. The maximum atomic E-state index is 6.26. The first-order chi connectivity index (χ1) is 14.3. The fourth-order valence-electron chi connectivity index (χ4n) is 3.28. The van der Waals surface area contributed by atoms with Crippen LogP contribution in [0.1, 0.15) is 0 Å². The second kappa shape index (κ2) is 7.09. The first-order valence-electron chi connectivity index (χ1n) is 9.15. The van der Waals surface area contributed by atoms with Gasteiger partial charge in [0, 0.05) is 18.0 Å². The molecule has 0 fully saturated rings. The molecule has 0 atom stereocenters. The summed E-state index contributed by atoms with van der Waals surface area (Å²) in [5.74, 6) is 1.55. The van der Waals surface area contributed by atoms with E-state index in [0.29, 0.717) is 5.69 Å². The lowest BCUT2D eigenvalue weighted by Gasteiger charge is -2.06. The number of pyridine rings is 2. The van der Waals surface area contributed by atoms with E-state index in [1.807, 2.05) is 71.4 Å². The molecule has 0 saturated heterocycles. The zero-order chi connectivity index (χ0) is 19.6. The lowest BCUT2D eigenvalue weighted by atomic mass is 10.1. The van der Waals surface area contributed by atoms with Gasteiger partial charge in [0.25, 0.3) is 0 Å². The number of nitrogen functional groups attached to an aromatic ring is 1. The van der Waals surface area contributed by atoms with Crippen LogP contribution >= 0.6 is 0 Å². The Morgan fingerprint density at radius 2 is 1.48 bits per heavy atom. The van der Waals surface area contributed by atoms with Crippen LogP contribution in [0.15, 0.2) is 91.5 Å². The topological polar surface area (TPSA) is 78.9 Å². The summed E-state index contributed by atoms with van der Waals surface area (Å²) in [5, 5.41) is 5.70. The second-order valence-corrected chi connectivity index (χ2v) is 6.53. The maximum absolute atomic E-state index is 6.26. The molecule has 0 radical (unpaired) electrons. The zero-order valence-corrected chi connectivity index (χ0v) is 15.4. The van der Waals surface area contributed by atoms with Crippen molar-refractivity contribution in [1.82, 2.24) is 19.7 Å². The van der Waals surface area contributed by atoms with E-state index < -0.39 is 0 Å². The van der Waals surface area contributed by atoms with Gasteiger partial charge >= 0.3 is 0 Å². The predicted molar refractivity (Wildman–Crippen MR) is 113 cm³/mol. The van der Waals surface area contributed by atoms with Crippen molar-refractivity contribution >= 4 is 16.6 Å². The molecule has 140 valence electrons. The van der Waals surface area contributed by atoms with Gasteiger partial charge in [0.2, 0.25) is 0 Å². The molecule has 0 aliphatic rings. The summed E-state index contributed by atoms with van der Waals surface area (Å²) in [6, 6.07) is 21.3. The van der Waals surface area contributed by atoms with E-state index in [9.17, 15) is 0 Å². The average Bonchev–Trinajstić information content (AvgIpc) is 3.17. The smallest absolute Gasteiger partial charge is 0.127 e. The van der Waals surface area contributed by atoms with E-state index in [4.69, 9.17) is 15.6 Å². The molecular weight excluding hydrogens is 362 g/mol. The lowest BCUT2D eigenvalue weighted by molar-refractivity contribution is 0.483. The van der Waals surface area contributed by atoms with Crippen LogP contribution in [0.5, 0.6) is 11.5 Å². The summed E-state index contributed by atoms with van der Waals surface area (Å²) in [5.41, 5.74) is 10.3. The quantitative estimate of drug-likeness (QED) is 0.482. The second-order valence-electron chi connectivity index (χ2n) is 6.53. The molecule has 2 aromatic carbocycles. The average molecular weight is 379 g/mol. The molecule has 0 saturated carbocycles. The fraction of sp³-hybridized carbons (Fsp3) is 0. The maximum Gasteiger partial charge on any atom is 0.127 e. The molecule has 5 aromatic rings. The number of benzene rings is 2. The Labute approximate surface area is 167 Å². The Morgan fingerprint density at radius 3 is 2.24 bits per heavy atom. The van der Waals surface area contributed by atoms with Gasteiger partial charge in [0.05, 0.1) is 34.7 Å². The zero-order valence-electron chi connectivity index (χ0n) is 15.4. The van der Waals surface area contributed by atoms with Crippen molar-refractivity contribution in [2.24, 2.45) is 0 Å². The Bertz CT molecular complexity index is 1270. The number of nitrogens with two attached hydrogens (primary N) is 1. The van der Waals surface area contributed by atoms with Gasteiger partial charge in [-0.2, -0.15) is 5.10 Å². The van der Waals surface area contributed by atoms with Crippen LogP contribution in [0.25, 0.3) is 27.8 Å². The van der Waals surface area contributed by atoms with Crippen molar-refractivity contribution in [3.63, 3.8) is 0 Å². The van der Waals surface area contributed by atoms with E-state index in [1.165, 1.54) is 0 Å². The Kier molecular flexibility index (Phi) is 4.14. The summed E-state index contributed by atoms with van der Waals surface area (Å²) >= 11 is 0. The van der Waals surface area contributed by atoms with Crippen LogP contribution < -0.4 is 10.5 Å². The van der Waals surface area contributed by atoms with Crippen LogP contribution in [-0.4, -0.2) is 19.7 Å². The molecular formula is C23H17N5O. The van der Waals surface area contributed by atoms with Crippen LogP contribution in [0.2, 0.25) is 0 Å². The van der Waals surface area contributed by atoms with Gasteiger partial charge < -0.3 is 10.5 Å². The molecule has 6 nitrogen and oxygen atoms in total. The van der Waals surface area contributed by atoms with Gasteiger partial charge in [-0.15, -0.1) is 0 Å². The Morgan fingerprint density at radius 1 is 0.759 bits per heavy atom. The minimum absolute atomic E-state index is 0.586. The van der Waals surface area contributed by atoms with Crippen molar-refractivity contribution in [2.45, 2.75) is 0 Å². The van der Waals surface area contributed by atoms with E-state index in [2.05, 4.69) is 9.97 Å². The fourth-order valence-corrected chi connectivity index (χ4v) is 3.28. The summed E-state index contributed by atoms with van der Waals surface area (Å²) < 4.78 is 7.73. The number of anilines is 1. The monoisotopic (exact) mass is 379 g/mol. The minimum atomic E-state index is 0.586. The van der Waals surface area contributed by atoms with E-state index in [0.717, 1.165) is 39.3 Å². The molecule has 0 unspecified atom stereocenters. The number of para-hydroxylation sites is 1. The first kappa shape index (κ1) is 16.9. The lowest BCUT2D eigenvalue weighted by Crippen LogP contribution is -1.97. The summed E-state index contributed by atoms with van der Waals surface area (Å²) in [4.78, 5) is 8.33. The highest BCUT2D eigenvalue weighted by molar-refractivity contribution is 6.01. The van der Waals surface area contributed by atoms with E-state index >= 15 is 0 Å². The number of ether oxygens (including phenoxy) is 1. The largest absolute Gasteiger partial charge is 0.457 e. The molecule has 0 amide bonds. The summed E-state index contributed by atoms with van der Waals surface area (Å²) in [6.45, 7) is 0. The molecule has 3 aromatic heterocycles. The highest BCUT2D eigenvalue weighted by atomic mass is 16.5. The van der Waals surface area contributed by atoms with Crippen LogP contribution in [0.4, 0.5) is 5.69 Å². The third-order valence-corrected chi connectivity index (χ3v) is 4.63. The normalized spacial score (nSPS) is 10.9. The third-order valence-electron chi connectivity index (χ3n) is 4.63. The van der Waals surface area contributed by atoms with Crippen LogP contribution in [-0.2, 0) is 0 Å². The number of aromatic nitrogens is 4. The molecule has 3 heterocycles. The number of nitrogens with zero attached hydrogens (tertiary/aromatic N) is 4. The Hall–Kier alpha value is -4.19. The van der Waals surface area contributed by atoms with Gasteiger partial charge in [0.15, 0.2) is 0 Å². The van der Waals surface area contributed by atoms with Gasteiger partial charge in [-0.25, -0.2) is 4.68 Å². The highest BCUT2D eigenvalue weighted by Crippen LogP contribution is 2.34. The van der Waals surface area contributed by atoms with Gasteiger partial charge in [-0.1, -0.05) is 18.2 Å². The summed E-state index contributed by atoms with van der Waals surface area (Å²) in [7, 11) is 0. The Balaban J connectivity index is 1.58. The molecule has 0 aliphatic carbocycles. The molecule has 0 bridgehead atoms. The third kappa shape index (κ3) is 3.17. The molecule has 0 spiro atoms.